The van der Waals surface area contributed by atoms with Crippen molar-refractivity contribution in [2.45, 2.75) is 13.8 Å². The molecule has 5 nitrogen and oxygen atoms in total. The van der Waals surface area contributed by atoms with Crippen molar-refractivity contribution in [3.05, 3.63) is 75.6 Å². The number of aryl methyl sites for hydroxylation is 1. The summed E-state index contributed by atoms with van der Waals surface area (Å²) in [5.41, 5.74) is 3.58. The van der Waals surface area contributed by atoms with E-state index >= 15 is 0 Å². The van der Waals surface area contributed by atoms with Crippen molar-refractivity contribution in [2.75, 3.05) is 19.0 Å². The lowest BCUT2D eigenvalue weighted by Gasteiger charge is -2.11. The molecule has 0 atom stereocenters. The first-order valence-corrected chi connectivity index (χ1v) is 10.9. The number of amides is 1. The molecule has 3 rings (SSSR count). The quantitative estimate of drug-likeness (QED) is 0.339. The van der Waals surface area contributed by atoms with Gasteiger partial charge in [0.1, 0.15) is 16.3 Å². The summed E-state index contributed by atoms with van der Waals surface area (Å²) in [7, 11) is 1.58. The summed E-state index contributed by atoms with van der Waals surface area (Å²) in [5, 5.41) is 5.66. The third-order valence-electron chi connectivity index (χ3n) is 4.45. The Bertz CT molecular complexity index is 1120. The zero-order valence-electron chi connectivity index (χ0n) is 17.4. The minimum absolute atomic E-state index is 0.225. The predicted molar refractivity (Wildman–Crippen MR) is 126 cm³/mol. The molecule has 7 heteroatoms. The number of carbonyl (C=O) groups is 2. The van der Waals surface area contributed by atoms with Gasteiger partial charge in [0.05, 0.1) is 13.7 Å². The second-order valence-electron chi connectivity index (χ2n) is 6.65. The Hall–Kier alpha value is -3.09. The second-order valence-corrected chi connectivity index (χ2v) is 7.97. The maximum Gasteiger partial charge on any atom is 0.341 e. The number of esters is 1. The normalized spacial score (nSPS) is 10.8. The van der Waals surface area contributed by atoms with Crippen LogP contribution >= 0.6 is 22.9 Å². The standard InChI is InChI=1S/C24H22ClNO4S/c1-4-30-24(28)22-19(18-13-15(2)5-11-20(18)29-3)14-31-23(22)26-21(27)12-8-16-6-9-17(25)10-7-16/h5-14H,4H2,1-3H3,(H,26,27)/b12-8+. The van der Waals surface area contributed by atoms with E-state index in [1.807, 2.05) is 42.6 Å². The van der Waals surface area contributed by atoms with Crippen molar-refractivity contribution in [1.82, 2.24) is 0 Å². The van der Waals surface area contributed by atoms with E-state index in [9.17, 15) is 9.59 Å². The fraction of sp³-hybridized carbons (Fsp3) is 0.167. The summed E-state index contributed by atoms with van der Waals surface area (Å²) in [5.74, 6) is -0.223. The molecule has 160 valence electrons. The number of carbonyl (C=O) groups excluding carboxylic acids is 2. The van der Waals surface area contributed by atoms with Crippen LogP contribution in [-0.2, 0) is 9.53 Å². The summed E-state index contributed by atoms with van der Waals surface area (Å²) in [6, 6.07) is 12.8. The van der Waals surface area contributed by atoms with E-state index in [0.29, 0.717) is 26.9 Å². The number of nitrogens with one attached hydrogen (secondary N) is 1. The molecular weight excluding hydrogens is 434 g/mol. The fourth-order valence-corrected chi connectivity index (χ4v) is 4.06. The molecule has 1 amide bonds. The monoisotopic (exact) mass is 455 g/mol. The molecule has 0 saturated heterocycles. The maximum atomic E-state index is 12.8. The molecular formula is C24H22ClNO4S. The number of anilines is 1. The van der Waals surface area contributed by atoms with Crippen molar-refractivity contribution in [1.29, 1.82) is 0 Å². The summed E-state index contributed by atoms with van der Waals surface area (Å²) < 4.78 is 10.7. The largest absolute Gasteiger partial charge is 0.496 e. The zero-order chi connectivity index (χ0) is 22.4. The van der Waals surface area contributed by atoms with E-state index in [-0.39, 0.29) is 12.5 Å². The highest BCUT2D eigenvalue weighted by atomic mass is 35.5. The molecule has 0 aliphatic heterocycles. The SMILES string of the molecule is CCOC(=O)c1c(-c2cc(C)ccc2OC)csc1NC(=O)/C=C/c1ccc(Cl)cc1. The van der Waals surface area contributed by atoms with Crippen molar-refractivity contribution in [3.63, 3.8) is 0 Å². The first-order valence-electron chi connectivity index (χ1n) is 9.61. The van der Waals surface area contributed by atoms with Gasteiger partial charge in [-0.05, 0) is 49.8 Å². The number of ether oxygens (including phenoxy) is 2. The van der Waals surface area contributed by atoms with Gasteiger partial charge in [-0.2, -0.15) is 0 Å². The van der Waals surface area contributed by atoms with Gasteiger partial charge in [0, 0.05) is 27.6 Å². The zero-order valence-corrected chi connectivity index (χ0v) is 19.0. The average molecular weight is 456 g/mol. The molecule has 0 radical (unpaired) electrons. The second kappa shape index (κ2) is 10.3. The van der Waals surface area contributed by atoms with Gasteiger partial charge in [0.25, 0.3) is 0 Å². The molecule has 1 heterocycles. The van der Waals surface area contributed by atoms with Crippen LogP contribution in [0.15, 0.2) is 53.9 Å². The lowest BCUT2D eigenvalue weighted by Crippen LogP contribution is -2.12. The summed E-state index contributed by atoms with van der Waals surface area (Å²) in [6.07, 6.45) is 3.08. The number of rotatable bonds is 7. The average Bonchev–Trinajstić information content (AvgIpc) is 3.16. The molecule has 0 aliphatic carbocycles. The molecule has 2 aromatic carbocycles. The van der Waals surface area contributed by atoms with Gasteiger partial charge in [-0.1, -0.05) is 35.4 Å². The molecule has 0 spiro atoms. The van der Waals surface area contributed by atoms with Crippen LogP contribution in [0.3, 0.4) is 0 Å². The maximum absolute atomic E-state index is 12.8. The minimum Gasteiger partial charge on any atom is -0.496 e. The summed E-state index contributed by atoms with van der Waals surface area (Å²) in [4.78, 5) is 25.3. The van der Waals surface area contributed by atoms with E-state index in [1.165, 1.54) is 17.4 Å². The van der Waals surface area contributed by atoms with Crippen molar-refractivity contribution in [2.24, 2.45) is 0 Å². The topological polar surface area (TPSA) is 64.6 Å². The summed E-state index contributed by atoms with van der Waals surface area (Å²) in [6.45, 7) is 3.93. The number of hydrogen-bond donors (Lipinski definition) is 1. The molecule has 0 aliphatic rings. The van der Waals surface area contributed by atoms with Gasteiger partial charge in [0.2, 0.25) is 5.91 Å². The van der Waals surface area contributed by atoms with Crippen LogP contribution in [0.25, 0.3) is 17.2 Å². The van der Waals surface area contributed by atoms with Crippen molar-refractivity contribution in [3.8, 4) is 16.9 Å². The first kappa shape index (κ1) is 22.6. The van der Waals surface area contributed by atoms with Gasteiger partial charge < -0.3 is 14.8 Å². The lowest BCUT2D eigenvalue weighted by atomic mass is 10.0. The minimum atomic E-state index is -0.501. The molecule has 0 unspecified atom stereocenters. The van der Waals surface area contributed by atoms with Crippen LogP contribution in [0.2, 0.25) is 5.02 Å². The number of methoxy groups -OCH3 is 1. The van der Waals surface area contributed by atoms with E-state index in [1.54, 1.807) is 32.2 Å². The molecule has 0 bridgehead atoms. The highest BCUT2D eigenvalue weighted by Crippen LogP contribution is 2.40. The van der Waals surface area contributed by atoms with Gasteiger partial charge >= 0.3 is 5.97 Å². The first-order chi connectivity index (χ1) is 14.9. The number of hydrogen-bond acceptors (Lipinski definition) is 5. The number of halogens is 1. The Morgan fingerprint density at radius 1 is 1.13 bits per heavy atom. The molecule has 1 aromatic heterocycles. The van der Waals surface area contributed by atoms with E-state index in [2.05, 4.69) is 5.32 Å². The highest BCUT2D eigenvalue weighted by Gasteiger charge is 2.24. The highest BCUT2D eigenvalue weighted by molar-refractivity contribution is 7.15. The van der Waals surface area contributed by atoms with Crippen LogP contribution in [0.4, 0.5) is 5.00 Å². The van der Waals surface area contributed by atoms with Crippen LogP contribution in [0.1, 0.15) is 28.4 Å². The third kappa shape index (κ3) is 5.54. The number of benzene rings is 2. The lowest BCUT2D eigenvalue weighted by molar-refractivity contribution is -0.111. The van der Waals surface area contributed by atoms with Crippen LogP contribution < -0.4 is 10.1 Å². The Labute approximate surface area is 190 Å². The Balaban J connectivity index is 1.94. The van der Waals surface area contributed by atoms with Gasteiger partial charge in [0.15, 0.2) is 0 Å². The van der Waals surface area contributed by atoms with Gasteiger partial charge in [-0.25, -0.2) is 4.79 Å². The van der Waals surface area contributed by atoms with Crippen molar-refractivity contribution >= 4 is 45.9 Å². The Kier molecular flexibility index (Phi) is 7.50. The Morgan fingerprint density at radius 2 is 1.87 bits per heavy atom. The van der Waals surface area contributed by atoms with E-state index in [0.717, 1.165) is 16.7 Å². The van der Waals surface area contributed by atoms with Gasteiger partial charge in [-0.15, -0.1) is 11.3 Å². The molecule has 0 fully saturated rings. The molecule has 3 aromatic rings. The van der Waals surface area contributed by atoms with Crippen LogP contribution in [-0.4, -0.2) is 25.6 Å². The van der Waals surface area contributed by atoms with E-state index in [4.69, 9.17) is 21.1 Å². The fourth-order valence-electron chi connectivity index (χ4n) is 2.99. The van der Waals surface area contributed by atoms with Crippen LogP contribution in [0, 0.1) is 6.92 Å². The molecule has 0 saturated carbocycles. The predicted octanol–water partition coefficient (Wildman–Crippen LogP) is 6.21. The van der Waals surface area contributed by atoms with Gasteiger partial charge in [-0.3, -0.25) is 4.79 Å². The third-order valence-corrected chi connectivity index (χ3v) is 5.60. The molecule has 31 heavy (non-hydrogen) atoms. The Morgan fingerprint density at radius 3 is 2.55 bits per heavy atom. The number of thiophene rings is 1. The summed E-state index contributed by atoms with van der Waals surface area (Å²) >= 11 is 7.15. The van der Waals surface area contributed by atoms with Crippen molar-refractivity contribution < 1.29 is 19.1 Å². The molecule has 1 N–H and O–H groups in total. The van der Waals surface area contributed by atoms with E-state index < -0.39 is 5.97 Å². The smallest absolute Gasteiger partial charge is 0.341 e. The van der Waals surface area contributed by atoms with Crippen LogP contribution in [0.5, 0.6) is 5.75 Å².